The summed E-state index contributed by atoms with van der Waals surface area (Å²) < 4.78 is 3.15. The second kappa shape index (κ2) is 7.67. The first kappa shape index (κ1) is 20.3. The molecule has 3 heterocycles. The Morgan fingerprint density at radius 3 is 2.45 bits per heavy atom. The van der Waals surface area contributed by atoms with Crippen LogP contribution in [-0.4, -0.2) is 41.5 Å². The van der Waals surface area contributed by atoms with E-state index in [1.165, 1.54) is 10.9 Å². The number of aryl methyl sites for hydroxylation is 1. The molecule has 0 atom stereocenters. The largest absolute Gasteiger partial charge is 0.347 e. The van der Waals surface area contributed by atoms with Crippen LogP contribution in [0.15, 0.2) is 55.0 Å². The molecule has 4 rings (SSSR count). The minimum atomic E-state index is -0.481. The molecular weight excluding hydrogens is 394 g/mol. The Morgan fingerprint density at radius 2 is 1.74 bits per heavy atom. The zero-order valence-corrected chi connectivity index (χ0v) is 17.7. The number of nitrogens with one attached hydrogen (secondary N) is 2. The van der Waals surface area contributed by atoms with Crippen molar-refractivity contribution >= 4 is 23.4 Å². The average molecular weight is 417 g/mol. The van der Waals surface area contributed by atoms with Crippen LogP contribution in [0, 0.1) is 0 Å². The monoisotopic (exact) mass is 417 g/mol. The third-order valence-corrected chi connectivity index (χ3v) is 4.52. The summed E-state index contributed by atoms with van der Waals surface area (Å²) in [7, 11) is 1.61. The number of rotatable bonds is 4. The maximum atomic E-state index is 12.9. The summed E-state index contributed by atoms with van der Waals surface area (Å²) in [6.45, 7) is 5.61. The van der Waals surface area contributed by atoms with Gasteiger partial charge in [-0.2, -0.15) is 10.1 Å². The predicted octanol–water partition coefficient (Wildman–Crippen LogP) is 2.91. The number of fused-ring (bicyclic) bond motifs is 1. The van der Waals surface area contributed by atoms with E-state index in [1.54, 1.807) is 23.7 Å². The summed E-state index contributed by atoms with van der Waals surface area (Å²) in [6.07, 6.45) is 5.03. The molecule has 2 N–H and O–H groups in total. The maximum absolute atomic E-state index is 12.9. The van der Waals surface area contributed by atoms with Crippen LogP contribution in [-0.2, 0) is 7.05 Å². The van der Waals surface area contributed by atoms with E-state index in [9.17, 15) is 9.59 Å². The number of hydrogen-bond acceptors (Lipinski definition) is 5. The van der Waals surface area contributed by atoms with Gasteiger partial charge in [0.25, 0.3) is 11.8 Å². The molecule has 0 aliphatic carbocycles. The lowest BCUT2D eigenvalue weighted by Gasteiger charge is -2.20. The van der Waals surface area contributed by atoms with Crippen LogP contribution in [0.25, 0.3) is 17.0 Å². The maximum Gasteiger partial charge on any atom is 0.275 e. The molecule has 0 spiro atoms. The first-order valence-electron chi connectivity index (χ1n) is 9.78. The first-order valence-corrected chi connectivity index (χ1v) is 9.78. The van der Waals surface area contributed by atoms with Gasteiger partial charge in [-0.25, -0.2) is 4.98 Å². The van der Waals surface area contributed by atoms with Gasteiger partial charge in [0, 0.05) is 30.5 Å². The zero-order valence-electron chi connectivity index (χ0n) is 17.7. The molecule has 0 aliphatic heterocycles. The fourth-order valence-electron chi connectivity index (χ4n) is 3.15. The van der Waals surface area contributed by atoms with Crippen molar-refractivity contribution in [2.75, 3.05) is 5.32 Å². The third kappa shape index (κ3) is 4.30. The van der Waals surface area contributed by atoms with Gasteiger partial charge in [-0.1, -0.05) is 30.3 Å². The number of nitrogens with zero attached hydrogens (tertiary/aromatic N) is 5. The van der Waals surface area contributed by atoms with E-state index in [4.69, 9.17) is 0 Å². The standard InChI is InChI=1S/C22H23N7O2/c1-22(2,3)27-19(30)15-12-23-28(4)18(15)20(31)25-17-10-11-29-13-16(24-21(29)26-17)14-8-6-5-7-9-14/h5-13H,1-4H3,(H,27,30)(H,24,25,26,31). The van der Waals surface area contributed by atoms with Crippen molar-refractivity contribution in [3.8, 4) is 11.3 Å². The van der Waals surface area contributed by atoms with Crippen molar-refractivity contribution in [1.29, 1.82) is 0 Å². The van der Waals surface area contributed by atoms with Crippen LogP contribution in [0.2, 0.25) is 0 Å². The summed E-state index contributed by atoms with van der Waals surface area (Å²) in [4.78, 5) is 34.5. The highest BCUT2D eigenvalue weighted by Gasteiger charge is 2.25. The zero-order chi connectivity index (χ0) is 22.2. The molecule has 0 aliphatic rings. The molecule has 2 amide bonds. The van der Waals surface area contributed by atoms with Crippen molar-refractivity contribution in [2.24, 2.45) is 7.05 Å². The molecule has 9 heteroatoms. The van der Waals surface area contributed by atoms with Gasteiger partial charge in [-0.15, -0.1) is 0 Å². The highest BCUT2D eigenvalue weighted by Crippen LogP contribution is 2.19. The lowest BCUT2D eigenvalue weighted by atomic mass is 10.1. The fourth-order valence-corrected chi connectivity index (χ4v) is 3.15. The molecular formula is C22H23N7O2. The number of anilines is 1. The Labute approximate surface area is 179 Å². The van der Waals surface area contributed by atoms with E-state index in [2.05, 4.69) is 25.7 Å². The third-order valence-electron chi connectivity index (χ3n) is 4.52. The number of carbonyl (C=O) groups excluding carboxylic acids is 2. The molecule has 0 unspecified atom stereocenters. The van der Waals surface area contributed by atoms with Crippen LogP contribution in [0.3, 0.4) is 0 Å². The highest BCUT2D eigenvalue weighted by molar-refractivity contribution is 6.10. The van der Waals surface area contributed by atoms with Crippen molar-refractivity contribution < 1.29 is 9.59 Å². The van der Waals surface area contributed by atoms with E-state index >= 15 is 0 Å². The van der Waals surface area contributed by atoms with Crippen LogP contribution in [0.1, 0.15) is 41.6 Å². The molecule has 0 saturated carbocycles. The number of imidazole rings is 1. The Kier molecular flexibility index (Phi) is 5.02. The average Bonchev–Trinajstić information content (AvgIpc) is 3.30. The second-order valence-corrected chi connectivity index (χ2v) is 8.20. The van der Waals surface area contributed by atoms with E-state index in [1.807, 2.05) is 57.3 Å². The Morgan fingerprint density at radius 1 is 1.00 bits per heavy atom. The predicted molar refractivity (Wildman–Crippen MR) is 117 cm³/mol. The summed E-state index contributed by atoms with van der Waals surface area (Å²) in [5, 5.41) is 9.66. The Hall–Kier alpha value is -4.01. The molecule has 31 heavy (non-hydrogen) atoms. The van der Waals surface area contributed by atoms with E-state index in [-0.39, 0.29) is 17.2 Å². The van der Waals surface area contributed by atoms with Gasteiger partial charge >= 0.3 is 0 Å². The van der Waals surface area contributed by atoms with Gasteiger partial charge in [-0.3, -0.25) is 18.7 Å². The summed E-state index contributed by atoms with van der Waals surface area (Å²) in [5.41, 5.74) is 1.66. The van der Waals surface area contributed by atoms with Crippen molar-refractivity contribution in [1.82, 2.24) is 29.5 Å². The molecule has 9 nitrogen and oxygen atoms in total. The molecule has 1 aromatic carbocycles. The van der Waals surface area contributed by atoms with Gasteiger partial charge in [-0.05, 0) is 26.8 Å². The number of amides is 2. The van der Waals surface area contributed by atoms with E-state index in [0.717, 1.165) is 11.3 Å². The van der Waals surface area contributed by atoms with Gasteiger partial charge < -0.3 is 10.6 Å². The smallest absolute Gasteiger partial charge is 0.275 e. The lowest BCUT2D eigenvalue weighted by molar-refractivity contribution is 0.0908. The van der Waals surface area contributed by atoms with Gasteiger partial charge in [0.1, 0.15) is 11.5 Å². The number of aromatic nitrogens is 5. The van der Waals surface area contributed by atoms with Crippen LogP contribution in [0.4, 0.5) is 5.82 Å². The SMILES string of the molecule is Cn1ncc(C(=O)NC(C)(C)C)c1C(=O)Nc1ccn2cc(-c3ccccc3)nc2n1. The Bertz CT molecular complexity index is 1270. The van der Waals surface area contributed by atoms with Crippen molar-refractivity contribution in [3.05, 3.63) is 66.2 Å². The first-order chi connectivity index (χ1) is 14.7. The van der Waals surface area contributed by atoms with Gasteiger partial charge in [0.2, 0.25) is 5.78 Å². The number of carbonyl (C=O) groups is 2. The molecule has 3 aromatic heterocycles. The normalized spacial score (nSPS) is 11.5. The fraction of sp³-hybridized carbons (Fsp3) is 0.227. The van der Waals surface area contributed by atoms with Crippen LogP contribution >= 0.6 is 0 Å². The number of hydrogen-bond donors (Lipinski definition) is 2. The minimum absolute atomic E-state index is 0.150. The quantitative estimate of drug-likeness (QED) is 0.531. The van der Waals surface area contributed by atoms with E-state index in [0.29, 0.717) is 11.6 Å². The van der Waals surface area contributed by atoms with Gasteiger partial charge in [0.15, 0.2) is 0 Å². The molecule has 0 bridgehead atoms. The lowest BCUT2D eigenvalue weighted by Crippen LogP contribution is -2.41. The molecule has 158 valence electrons. The van der Waals surface area contributed by atoms with E-state index < -0.39 is 11.4 Å². The van der Waals surface area contributed by atoms with Crippen molar-refractivity contribution in [3.63, 3.8) is 0 Å². The summed E-state index contributed by atoms with van der Waals surface area (Å²) in [6, 6.07) is 11.4. The highest BCUT2D eigenvalue weighted by atomic mass is 16.2. The topological polar surface area (TPSA) is 106 Å². The van der Waals surface area contributed by atoms with Gasteiger partial charge in [0.05, 0.1) is 17.5 Å². The second-order valence-electron chi connectivity index (χ2n) is 8.20. The Balaban J connectivity index is 1.59. The summed E-state index contributed by atoms with van der Waals surface area (Å²) >= 11 is 0. The molecule has 0 fully saturated rings. The molecule has 0 radical (unpaired) electrons. The number of benzene rings is 1. The van der Waals surface area contributed by atoms with Crippen molar-refractivity contribution in [2.45, 2.75) is 26.3 Å². The molecule has 0 saturated heterocycles. The molecule has 4 aromatic rings. The summed E-state index contributed by atoms with van der Waals surface area (Å²) in [5.74, 6) is -0.0703. The van der Waals surface area contributed by atoms with Crippen LogP contribution in [0.5, 0.6) is 0 Å². The van der Waals surface area contributed by atoms with Crippen LogP contribution < -0.4 is 10.6 Å². The minimum Gasteiger partial charge on any atom is -0.347 e.